The lowest BCUT2D eigenvalue weighted by Gasteiger charge is -2.19. The normalized spacial score (nSPS) is 21.7. The summed E-state index contributed by atoms with van der Waals surface area (Å²) in [7, 11) is -0.946. The van der Waals surface area contributed by atoms with E-state index >= 15 is 0 Å². The lowest BCUT2D eigenvalue weighted by atomic mass is 10.1. The van der Waals surface area contributed by atoms with Crippen LogP contribution in [0.15, 0.2) is 0 Å². The Balaban J connectivity index is 2.16. The molecular formula is C13H26N2O3S. The van der Waals surface area contributed by atoms with Crippen LogP contribution in [0.3, 0.4) is 0 Å². The van der Waals surface area contributed by atoms with E-state index in [1.165, 1.54) is 0 Å². The van der Waals surface area contributed by atoms with Crippen molar-refractivity contribution in [2.45, 2.75) is 32.6 Å². The predicted molar refractivity (Wildman–Crippen MR) is 76.8 cm³/mol. The third-order valence-electron chi connectivity index (χ3n) is 3.41. The maximum Gasteiger partial charge on any atom is 0.234 e. The van der Waals surface area contributed by atoms with Gasteiger partial charge in [-0.25, -0.2) is 8.42 Å². The van der Waals surface area contributed by atoms with E-state index in [4.69, 9.17) is 0 Å². The molecule has 0 aliphatic carbocycles. The average Bonchev–Trinajstić information content (AvgIpc) is 2.64. The van der Waals surface area contributed by atoms with Gasteiger partial charge in [-0.05, 0) is 25.8 Å². The highest BCUT2D eigenvalue weighted by atomic mass is 32.2. The Hall–Kier alpha value is -0.620. The molecule has 0 aromatic carbocycles. The lowest BCUT2D eigenvalue weighted by molar-refractivity contribution is -0.122. The molecule has 1 rings (SSSR count). The third-order valence-corrected chi connectivity index (χ3v) is 5.25. The van der Waals surface area contributed by atoms with E-state index in [0.717, 1.165) is 32.2 Å². The molecule has 5 nitrogen and oxygen atoms in total. The summed E-state index contributed by atoms with van der Waals surface area (Å²) in [5, 5.41) is 2.89. The number of sulfone groups is 1. The van der Waals surface area contributed by atoms with Gasteiger partial charge in [-0.15, -0.1) is 0 Å². The summed E-state index contributed by atoms with van der Waals surface area (Å²) < 4.78 is 22.7. The molecule has 0 saturated carbocycles. The molecule has 112 valence electrons. The van der Waals surface area contributed by atoms with Crippen LogP contribution in [0, 0.1) is 5.92 Å². The quantitative estimate of drug-likeness (QED) is 0.667. The maximum absolute atomic E-state index is 11.6. The second-order valence-corrected chi connectivity index (χ2v) is 7.75. The summed E-state index contributed by atoms with van der Waals surface area (Å²) in [4.78, 5) is 13.6. The van der Waals surface area contributed by atoms with Gasteiger partial charge in [0, 0.05) is 13.1 Å². The van der Waals surface area contributed by atoms with E-state index in [1.54, 1.807) is 0 Å². The van der Waals surface area contributed by atoms with Gasteiger partial charge >= 0.3 is 0 Å². The first-order valence-electron chi connectivity index (χ1n) is 7.08. The number of likely N-dealkylation sites (N-methyl/N-ethyl adjacent to an activating group) is 1. The molecule has 0 aromatic rings. The predicted octanol–water partition coefficient (Wildman–Crippen LogP) is 0.659. The Bertz CT molecular complexity index is 381. The van der Waals surface area contributed by atoms with Gasteiger partial charge in [0.05, 0.1) is 18.1 Å². The molecule has 0 bridgehead atoms. The van der Waals surface area contributed by atoms with Crippen molar-refractivity contribution in [3.8, 4) is 0 Å². The number of amides is 1. The Morgan fingerprint density at radius 2 is 2.11 bits per heavy atom. The number of carbonyl (C=O) groups is 1. The number of nitrogens with zero attached hydrogens (tertiary/aromatic N) is 1. The zero-order valence-corrected chi connectivity index (χ0v) is 12.8. The van der Waals surface area contributed by atoms with E-state index in [0.29, 0.717) is 18.8 Å². The number of unbranched alkanes of at least 4 members (excludes halogenated alkanes) is 2. The minimum absolute atomic E-state index is 0.0273. The summed E-state index contributed by atoms with van der Waals surface area (Å²) in [5.74, 6) is 0.784. The van der Waals surface area contributed by atoms with Crippen LogP contribution < -0.4 is 5.32 Å². The fraction of sp³-hybridized carbons (Fsp3) is 0.923. The van der Waals surface area contributed by atoms with Crippen molar-refractivity contribution in [1.29, 1.82) is 0 Å². The van der Waals surface area contributed by atoms with Crippen LogP contribution in [0.5, 0.6) is 0 Å². The van der Waals surface area contributed by atoms with E-state index in [-0.39, 0.29) is 17.6 Å². The standard InChI is InChI=1S/C13H26N2O3S/c1-3-4-5-7-14-13(16)10-15(2)9-12-6-8-19(17,18)11-12/h12H,3-11H2,1-2H3,(H,14,16)/t12-/m0/s1. The van der Waals surface area contributed by atoms with Crippen molar-refractivity contribution in [3.05, 3.63) is 0 Å². The zero-order chi connectivity index (χ0) is 14.3. The molecule has 1 atom stereocenters. The Morgan fingerprint density at radius 3 is 2.68 bits per heavy atom. The minimum Gasteiger partial charge on any atom is -0.355 e. The number of nitrogens with one attached hydrogen (secondary N) is 1. The Kier molecular flexibility index (Phi) is 6.79. The second-order valence-electron chi connectivity index (χ2n) is 5.52. The van der Waals surface area contributed by atoms with Crippen molar-refractivity contribution < 1.29 is 13.2 Å². The molecule has 1 aliphatic heterocycles. The zero-order valence-electron chi connectivity index (χ0n) is 12.0. The molecule has 1 fully saturated rings. The molecule has 0 aromatic heterocycles. The van der Waals surface area contributed by atoms with Gasteiger partial charge in [0.15, 0.2) is 9.84 Å². The molecule has 1 aliphatic rings. The van der Waals surface area contributed by atoms with Gasteiger partial charge in [-0.3, -0.25) is 9.69 Å². The van der Waals surface area contributed by atoms with Crippen LogP contribution in [0.2, 0.25) is 0 Å². The largest absolute Gasteiger partial charge is 0.355 e. The fourth-order valence-electron chi connectivity index (χ4n) is 2.43. The average molecular weight is 290 g/mol. The van der Waals surface area contributed by atoms with E-state index in [1.807, 2.05) is 11.9 Å². The monoisotopic (exact) mass is 290 g/mol. The van der Waals surface area contributed by atoms with Gasteiger partial charge in [-0.1, -0.05) is 19.8 Å². The summed E-state index contributed by atoms with van der Waals surface area (Å²) >= 11 is 0. The molecule has 19 heavy (non-hydrogen) atoms. The van der Waals surface area contributed by atoms with Crippen LogP contribution in [0.1, 0.15) is 32.6 Å². The van der Waals surface area contributed by atoms with Crippen molar-refractivity contribution in [3.63, 3.8) is 0 Å². The molecule has 1 amide bonds. The summed E-state index contributed by atoms with van der Waals surface area (Å²) in [6, 6.07) is 0. The topological polar surface area (TPSA) is 66.5 Å². The first kappa shape index (κ1) is 16.4. The van der Waals surface area contributed by atoms with Gasteiger partial charge in [0.1, 0.15) is 0 Å². The first-order valence-corrected chi connectivity index (χ1v) is 8.90. The third kappa shape index (κ3) is 6.92. The van der Waals surface area contributed by atoms with E-state index in [2.05, 4.69) is 12.2 Å². The Labute approximate surface area is 116 Å². The molecule has 0 unspecified atom stereocenters. The lowest BCUT2D eigenvalue weighted by Crippen LogP contribution is -2.37. The highest BCUT2D eigenvalue weighted by Crippen LogP contribution is 2.18. The van der Waals surface area contributed by atoms with Gasteiger partial charge in [0.2, 0.25) is 5.91 Å². The van der Waals surface area contributed by atoms with Crippen LogP contribution in [0.25, 0.3) is 0 Å². The number of hydrogen-bond acceptors (Lipinski definition) is 4. The molecule has 1 saturated heterocycles. The van der Waals surface area contributed by atoms with Gasteiger partial charge < -0.3 is 5.32 Å². The second kappa shape index (κ2) is 7.85. The highest BCUT2D eigenvalue weighted by molar-refractivity contribution is 7.91. The SMILES string of the molecule is CCCCCNC(=O)CN(C)C[C@@H]1CCS(=O)(=O)C1. The van der Waals surface area contributed by atoms with E-state index < -0.39 is 9.84 Å². The number of hydrogen-bond donors (Lipinski definition) is 1. The molecule has 0 spiro atoms. The molecule has 0 radical (unpaired) electrons. The number of carbonyl (C=O) groups excluding carboxylic acids is 1. The van der Waals surface area contributed by atoms with Crippen molar-refractivity contribution in [1.82, 2.24) is 10.2 Å². The van der Waals surface area contributed by atoms with Crippen LogP contribution in [-0.2, 0) is 14.6 Å². The number of rotatable bonds is 8. The summed E-state index contributed by atoms with van der Waals surface area (Å²) in [6.45, 7) is 3.90. The van der Waals surface area contributed by atoms with Gasteiger partial charge in [0.25, 0.3) is 0 Å². The van der Waals surface area contributed by atoms with Crippen molar-refractivity contribution >= 4 is 15.7 Å². The smallest absolute Gasteiger partial charge is 0.234 e. The summed E-state index contributed by atoms with van der Waals surface area (Å²) in [6.07, 6.45) is 4.03. The molecular weight excluding hydrogens is 264 g/mol. The molecule has 1 N–H and O–H groups in total. The van der Waals surface area contributed by atoms with Crippen molar-refractivity contribution in [2.75, 3.05) is 38.2 Å². The highest BCUT2D eigenvalue weighted by Gasteiger charge is 2.28. The van der Waals surface area contributed by atoms with Crippen LogP contribution in [0.4, 0.5) is 0 Å². The van der Waals surface area contributed by atoms with E-state index in [9.17, 15) is 13.2 Å². The molecule has 6 heteroatoms. The van der Waals surface area contributed by atoms with Crippen LogP contribution in [-0.4, -0.2) is 57.4 Å². The summed E-state index contributed by atoms with van der Waals surface area (Å²) in [5.41, 5.74) is 0. The maximum atomic E-state index is 11.6. The fourth-order valence-corrected chi connectivity index (χ4v) is 4.27. The first-order chi connectivity index (χ1) is 8.93. The van der Waals surface area contributed by atoms with Crippen LogP contribution >= 0.6 is 0 Å². The van der Waals surface area contributed by atoms with Gasteiger partial charge in [-0.2, -0.15) is 0 Å². The van der Waals surface area contributed by atoms with Crippen molar-refractivity contribution in [2.24, 2.45) is 5.92 Å². The minimum atomic E-state index is -2.82. The molecule has 1 heterocycles. The Morgan fingerprint density at radius 1 is 1.37 bits per heavy atom.